The van der Waals surface area contributed by atoms with E-state index in [1.165, 1.54) is 12.0 Å². The minimum atomic E-state index is 0.101. The average molecular weight is 409 g/mol. The predicted molar refractivity (Wildman–Crippen MR) is 118 cm³/mol. The molecule has 2 fully saturated rings. The largest absolute Gasteiger partial charge is 0.489 e. The van der Waals surface area contributed by atoms with Gasteiger partial charge in [0.25, 0.3) is 0 Å². The summed E-state index contributed by atoms with van der Waals surface area (Å²) < 4.78 is 8.70. The van der Waals surface area contributed by atoms with E-state index in [4.69, 9.17) is 9.84 Å². The van der Waals surface area contributed by atoms with Crippen LogP contribution in [0, 0.1) is 0 Å². The molecule has 6 heteroatoms. The van der Waals surface area contributed by atoms with Crippen molar-refractivity contribution in [3.63, 3.8) is 0 Å². The first-order chi connectivity index (χ1) is 14.6. The fraction of sp³-hybridized carbons (Fsp3) is 0.583. The summed E-state index contributed by atoms with van der Waals surface area (Å²) in [5, 5.41) is 8.13. The number of nitrogens with zero attached hydrogens (tertiary/aromatic N) is 3. The third-order valence-corrected chi connectivity index (χ3v) is 7.02. The molecule has 0 unspecified atom stereocenters. The standard InChI is InChI=1S/C24H32N4O2/c1-16-6-7-22-23(28(16)17(2)29)9-8-21(24(22)30-20-4-3-5-20)18-14-26-27(15-18)19-10-12-25-13-11-19/h8-9,14-16,19-20,25H,3-7,10-13H2,1-2H3/t16-/m0/s1. The van der Waals surface area contributed by atoms with Crippen molar-refractivity contribution in [1.29, 1.82) is 0 Å². The Balaban J connectivity index is 1.55. The molecule has 1 aliphatic carbocycles. The first-order valence-electron chi connectivity index (χ1n) is 11.5. The molecule has 1 aromatic carbocycles. The number of carbonyl (C=O) groups excluding carboxylic acids is 1. The van der Waals surface area contributed by atoms with Crippen molar-refractivity contribution in [1.82, 2.24) is 15.1 Å². The van der Waals surface area contributed by atoms with Gasteiger partial charge in [-0.1, -0.05) is 0 Å². The molecule has 1 amide bonds. The molecule has 0 radical (unpaired) electrons. The van der Waals surface area contributed by atoms with Gasteiger partial charge in [-0.25, -0.2) is 0 Å². The van der Waals surface area contributed by atoms with Crippen LogP contribution in [0.4, 0.5) is 5.69 Å². The van der Waals surface area contributed by atoms with Crippen LogP contribution in [0.2, 0.25) is 0 Å². The van der Waals surface area contributed by atoms with Crippen LogP contribution < -0.4 is 15.0 Å². The molecule has 160 valence electrons. The van der Waals surface area contributed by atoms with Crippen molar-refractivity contribution in [2.45, 2.75) is 77.0 Å². The Hall–Kier alpha value is -2.34. The quantitative estimate of drug-likeness (QED) is 0.828. The number of amides is 1. The number of fused-ring (bicyclic) bond motifs is 1. The summed E-state index contributed by atoms with van der Waals surface area (Å²) in [6, 6.07) is 4.92. The van der Waals surface area contributed by atoms with Gasteiger partial charge in [-0.05, 0) is 77.1 Å². The SMILES string of the molecule is CC(=O)N1c2ccc(-c3cnn(C4CCNCC4)c3)c(OC3CCC3)c2CC[C@@H]1C. The van der Waals surface area contributed by atoms with Crippen molar-refractivity contribution < 1.29 is 9.53 Å². The Morgan fingerprint density at radius 3 is 2.67 bits per heavy atom. The molecule has 6 nitrogen and oxygen atoms in total. The first kappa shape index (κ1) is 19.6. The molecule has 3 aliphatic rings. The van der Waals surface area contributed by atoms with Gasteiger partial charge in [-0.15, -0.1) is 0 Å². The van der Waals surface area contributed by atoms with Gasteiger partial charge in [0.2, 0.25) is 5.91 Å². The van der Waals surface area contributed by atoms with Crippen LogP contribution in [0.5, 0.6) is 5.75 Å². The number of anilines is 1. The van der Waals surface area contributed by atoms with Crippen molar-refractivity contribution >= 4 is 11.6 Å². The first-order valence-corrected chi connectivity index (χ1v) is 11.5. The lowest BCUT2D eigenvalue weighted by Crippen LogP contribution is -2.41. The van der Waals surface area contributed by atoms with Crippen LogP contribution >= 0.6 is 0 Å². The molecule has 3 heterocycles. The highest BCUT2D eigenvalue weighted by Crippen LogP contribution is 2.44. The molecule has 1 saturated carbocycles. The number of nitrogens with one attached hydrogen (secondary N) is 1. The summed E-state index contributed by atoms with van der Waals surface area (Å²) in [5.41, 5.74) is 4.42. The maximum atomic E-state index is 12.4. The molecule has 1 aromatic heterocycles. The molecule has 2 aliphatic heterocycles. The topological polar surface area (TPSA) is 59.4 Å². The van der Waals surface area contributed by atoms with Crippen molar-refractivity contribution in [3.05, 3.63) is 30.1 Å². The minimum Gasteiger partial charge on any atom is -0.489 e. The van der Waals surface area contributed by atoms with E-state index in [9.17, 15) is 4.79 Å². The van der Waals surface area contributed by atoms with Crippen molar-refractivity contribution in [2.75, 3.05) is 18.0 Å². The highest BCUT2D eigenvalue weighted by molar-refractivity contribution is 5.95. The van der Waals surface area contributed by atoms with Gasteiger partial charge in [-0.3, -0.25) is 9.48 Å². The number of hydrogen-bond donors (Lipinski definition) is 1. The molecule has 30 heavy (non-hydrogen) atoms. The number of rotatable bonds is 4. The Morgan fingerprint density at radius 1 is 1.17 bits per heavy atom. The minimum absolute atomic E-state index is 0.101. The zero-order chi connectivity index (χ0) is 20.7. The van der Waals surface area contributed by atoms with Gasteiger partial charge in [0.05, 0.1) is 24.0 Å². The average Bonchev–Trinajstić information content (AvgIpc) is 3.20. The molecule has 1 N–H and O–H groups in total. The van der Waals surface area contributed by atoms with Crippen molar-refractivity contribution in [2.24, 2.45) is 0 Å². The van der Waals surface area contributed by atoms with E-state index in [0.29, 0.717) is 12.1 Å². The summed E-state index contributed by atoms with van der Waals surface area (Å²) >= 11 is 0. The normalized spacial score (nSPS) is 22.5. The number of carbonyl (C=O) groups is 1. The predicted octanol–water partition coefficient (Wildman–Crippen LogP) is 4.09. The number of ether oxygens (including phenoxy) is 1. The fourth-order valence-corrected chi connectivity index (χ4v) is 5.05. The molecule has 1 atom stereocenters. The second-order valence-corrected chi connectivity index (χ2v) is 9.08. The summed E-state index contributed by atoms with van der Waals surface area (Å²) in [5.74, 6) is 1.07. The van der Waals surface area contributed by atoms with Gasteiger partial charge in [0, 0.05) is 35.9 Å². The smallest absolute Gasteiger partial charge is 0.224 e. The molecular formula is C24H32N4O2. The Bertz CT molecular complexity index is 927. The van der Waals surface area contributed by atoms with Crippen LogP contribution in [0.25, 0.3) is 11.1 Å². The highest BCUT2D eigenvalue weighted by atomic mass is 16.5. The summed E-state index contributed by atoms with van der Waals surface area (Å²) in [4.78, 5) is 14.3. The van der Waals surface area contributed by atoms with E-state index >= 15 is 0 Å². The van der Waals surface area contributed by atoms with E-state index in [1.807, 2.05) is 11.1 Å². The second-order valence-electron chi connectivity index (χ2n) is 9.08. The number of hydrogen-bond acceptors (Lipinski definition) is 4. The van der Waals surface area contributed by atoms with Crippen LogP contribution in [-0.4, -0.2) is 40.9 Å². The fourth-order valence-electron chi connectivity index (χ4n) is 5.05. The zero-order valence-electron chi connectivity index (χ0n) is 18.1. The third kappa shape index (κ3) is 3.51. The highest BCUT2D eigenvalue weighted by Gasteiger charge is 2.32. The van der Waals surface area contributed by atoms with Gasteiger partial charge in [0.15, 0.2) is 0 Å². The Kier molecular flexibility index (Phi) is 5.27. The number of benzene rings is 1. The summed E-state index contributed by atoms with van der Waals surface area (Å²) in [7, 11) is 0. The lowest BCUT2D eigenvalue weighted by Gasteiger charge is -2.37. The summed E-state index contributed by atoms with van der Waals surface area (Å²) in [6.45, 7) is 5.89. The molecular weight excluding hydrogens is 376 g/mol. The molecule has 5 rings (SSSR count). The maximum Gasteiger partial charge on any atom is 0.224 e. The van der Waals surface area contributed by atoms with E-state index in [2.05, 4.69) is 35.3 Å². The lowest BCUT2D eigenvalue weighted by atomic mass is 9.91. The van der Waals surface area contributed by atoms with Crippen molar-refractivity contribution in [3.8, 4) is 16.9 Å². The molecule has 0 spiro atoms. The lowest BCUT2D eigenvalue weighted by molar-refractivity contribution is -0.117. The van der Waals surface area contributed by atoms with Gasteiger partial charge < -0.3 is 15.0 Å². The number of aromatic nitrogens is 2. The van der Waals surface area contributed by atoms with E-state index < -0.39 is 0 Å². The third-order valence-electron chi connectivity index (χ3n) is 7.02. The Labute approximate surface area is 178 Å². The Morgan fingerprint density at radius 2 is 1.97 bits per heavy atom. The van der Waals surface area contributed by atoms with Crippen LogP contribution in [-0.2, 0) is 11.2 Å². The summed E-state index contributed by atoms with van der Waals surface area (Å²) in [6.07, 6.45) is 12.0. The second kappa shape index (κ2) is 8.06. The van der Waals surface area contributed by atoms with Crippen LogP contribution in [0.1, 0.15) is 64.0 Å². The van der Waals surface area contributed by atoms with E-state index in [-0.39, 0.29) is 11.9 Å². The monoisotopic (exact) mass is 408 g/mol. The maximum absolute atomic E-state index is 12.4. The molecule has 1 saturated heterocycles. The van der Waals surface area contributed by atoms with E-state index in [0.717, 1.165) is 74.2 Å². The van der Waals surface area contributed by atoms with E-state index in [1.54, 1.807) is 6.92 Å². The van der Waals surface area contributed by atoms with Gasteiger partial charge >= 0.3 is 0 Å². The van der Waals surface area contributed by atoms with Crippen LogP contribution in [0.15, 0.2) is 24.5 Å². The number of piperidine rings is 1. The molecule has 2 aromatic rings. The zero-order valence-corrected chi connectivity index (χ0v) is 18.1. The van der Waals surface area contributed by atoms with Gasteiger partial charge in [0.1, 0.15) is 5.75 Å². The van der Waals surface area contributed by atoms with Crippen LogP contribution in [0.3, 0.4) is 0 Å². The van der Waals surface area contributed by atoms with Gasteiger partial charge in [-0.2, -0.15) is 5.10 Å². The molecule has 0 bridgehead atoms.